The molecule has 0 aliphatic carbocycles. The lowest BCUT2D eigenvalue weighted by Gasteiger charge is -2.25. The van der Waals surface area contributed by atoms with Crippen molar-refractivity contribution in [1.82, 2.24) is 9.59 Å². The van der Waals surface area contributed by atoms with Gasteiger partial charge < -0.3 is 4.74 Å². The fourth-order valence-corrected chi connectivity index (χ4v) is 2.70. The van der Waals surface area contributed by atoms with E-state index in [9.17, 15) is 4.79 Å². The van der Waals surface area contributed by atoms with Gasteiger partial charge in [-0.05, 0) is 35.5 Å². The highest BCUT2D eigenvalue weighted by Crippen LogP contribution is 2.36. The van der Waals surface area contributed by atoms with Crippen LogP contribution in [0.1, 0.15) is 34.0 Å². The van der Waals surface area contributed by atoms with E-state index in [1.165, 1.54) is 6.20 Å². The summed E-state index contributed by atoms with van der Waals surface area (Å²) < 4.78 is 9.32. The molecule has 0 fully saturated rings. The Morgan fingerprint density at radius 3 is 3.17 bits per heavy atom. The van der Waals surface area contributed by atoms with Crippen LogP contribution in [0.15, 0.2) is 30.5 Å². The van der Waals surface area contributed by atoms with Crippen LogP contribution in [0.2, 0.25) is 0 Å². The van der Waals surface area contributed by atoms with Crippen LogP contribution < -0.4 is 4.74 Å². The molecule has 1 atom stereocenters. The number of fused-ring (bicyclic) bond motifs is 1. The third kappa shape index (κ3) is 2.13. The monoisotopic (exact) mass is 260 g/mol. The molecule has 0 saturated carbocycles. The van der Waals surface area contributed by atoms with Crippen molar-refractivity contribution >= 4 is 17.3 Å². The van der Waals surface area contributed by atoms with E-state index in [-0.39, 0.29) is 11.7 Å². The lowest BCUT2D eigenvalue weighted by Crippen LogP contribution is -2.16. The number of aromatic nitrogens is 2. The van der Waals surface area contributed by atoms with Gasteiger partial charge in [-0.1, -0.05) is 22.7 Å². The first-order valence-corrected chi connectivity index (χ1v) is 6.64. The number of rotatable bonds is 3. The van der Waals surface area contributed by atoms with Crippen molar-refractivity contribution in [2.45, 2.75) is 18.8 Å². The summed E-state index contributed by atoms with van der Waals surface area (Å²) in [6.45, 7) is 0.676. The number of carbonyl (C=O) groups is 1. The molecule has 0 N–H and O–H groups in total. The van der Waals surface area contributed by atoms with Gasteiger partial charge in [0.15, 0.2) is 5.78 Å². The normalized spacial score (nSPS) is 17.9. The van der Waals surface area contributed by atoms with Crippen LogP contribution in [-0.2, 0) is 0 Å². The molecule has 0 amide bonds. The van der Waals surface area contributed by atoms with E-state index < -0.39 is 0 Å². The summed E-state index contributed by atoms with van der Waals surface area (Å²) in [6.07, 6.45) is 2.93. The van der Waals surface area contributed by atoms with Crippen LogP contribution in [0.4, 0.5) is 0 Å². The molecule has 1 aliphatic rings. The lowest BCUT2D eigenvalue weighted by molar-refractivity contribution is 0.0969. The first kappa shape index (κ1) is 11.3. The van der Waals surface area contributed by atoms with Crippen molar-refractivity contribution in [3.05, 3.63) is 40.9 Å². The topological polar surface area (TPSA) is 52.1 Å². The second kappa shape index (κ2) is 4.86. The van der Waals surface area contributed by atoms with E-state index in [0.29, 0.717) is 17.9 Å². The summed E-state index contributed by atoms with van der Waals surface area (Å²) in [5, 5.41) is 3.70. The van der Waals surface area contributed by atoms with E-state index in [1.807, 2.05) is 24.3 Å². The molecular formula is C13H12N2O2S. The number of ketones is 1. The van der Waals surface area contributed by atoms with Gasteiger partial charge in [0, 0.05) is 6.42 Å². The van der Waals surface area contributed by atoms with Crippen LogP contribution in [0.25, 0.3) is 0 Å². The molecule has 0 spiro atoms. The first-order valence-electron chi connectivity index (χ1n) is 5.87. The number of hydrogen-bond acceptors (Lipinski definition) is 5. The Labute approximate surface area is 109 Å². The van der Waals surface area contributed by atoms with Gasteiger partial charge in [-0.15, -0.1) is 5.10 Å². The van der Waals surface area contributed by atoms with Gasteiger partial charge in [-0.3, -0.25) is 4.79 Å². The third-order valence-corrected chi connectivity index (χ3v) is 3.86. The molecule has 0 saturated heterocycles. The van der Waals surface area contributed by atoms with Gasteiger partial charge in [0.1, 0.15) is 10.6 Å². The van der Waals surface area contributed by atoms with Crippen LogP contribution in [0, 0.1) is 0 Å². The summed E-state index contributed by atoms with van der Waals surface area (Å²) >= 11 is 1.16. The van der Waals surface area contributed by atoms with Crippen LogP contribution in [-0.4, -0.2) is 22.0 Å². The maximum atomic E-state index is 12.1. The summed E-state index contributed by atoms with van der Waals surface area (Å²) in [5.74, 6) is 1.26. The van der Waals surface area contributed by atoms with Crippen LogP contribution in [0.3, 0.4) is 0 Å². The van der Waals surface area contributed by atoms with Gasteiger partial charge in [-0.2, -0.15) is 0 Å². The van der Waals surface area contributed by atoms with E-state index in [2.05, 4.69) is 9.59 Å². The Kier molecular flexibility index (Phi) is 3.06. The minimum absolute atomic E-state index is 0.117. The number of hydrogen-bond donors (Lipinski definition) is 0. The molecule has 2 heterocycles. The Bertz CT molecular complexity index is 554. The average Bonchev–Trinajstić information content (AvgIpc) is 2.93. The summed E-state index contributed by atoms with van der Waals surface area (Å²) in [6, 6.07) is 7.94. The number of para-hydroxylation sites is 1. The molecule has 5 heteroatoms. The molecule has 1 aliphatic heterocycles. The largest absolute Gasteiger partial charge is 0.493 e. The molecular weight excluding hydrogens is 248 g/mol. The number of carbonyl (C=O) groups excluding carboxylic acids is 1. The molecule has 18 heavy (non-hydrogen) atoms. The van der Waals surface area contributed by atoms with E-state index in [4.69, 9.17) is 4.74 Å². The van der Waals surface area contributed by atoms with Gasteiger partial charge in [0.25, 0.3) is 0 Å². The molecule has 0 radical (unpaired) electrons. The second-order valence-electron chi connectivity index (χ2n) is 4.28. The van der Waals surface area contributed by atoms with Crippen molar-refractivity contribution in [1.29, 1.82) is 0 Å². The SMILES string of the molecule is O=C(CC1CCOc2ccccc21)c1cnns1. The maximum absolute atomic E-state index is 12.1. The van der Waals surface area contributed by atoms with Crippen molar-refractivity contribution < 1.29 is 9.53 Å². The zero-order chi connectivity index (χ0) is 12.4. The van der Waals surface area contributed by atoms with Crippen molar-refractivity contribution in [2.75, 3.05) is 6.61 Å². The summed E-state index contributed by atoms with van der Waals surface area (Å²) in [5.41, 5.74) is 1.13. The van der Waals surface area contributed by atoms with Crippen molar-refractivity contribution in [3.8, 4) is 5.75 Å². The smallest absolute Gasteiger partial charge is 0.176 e. The zero-order valence-corrected chi connectivity index (χ0v) is 10.5. The Morgan fingerprint density at radius 2 is 2.33 bits per heavy atom. The molecule has 3 rings (SSSR count). The Balaban J connectivity index is 1.80. The highest BCUT2D eigenvalue weighted by Gasteiger charge is 2.24. The Hall–Kier alpha value is -1.75. The maximum Gasteiger partial charge on any atom is 0.176 e. The van der Waals surface area contributed by atoms with Crippen LogP contribution >= 0.6 is 11.5 Å². The van der Waals surface area contributed by atoms with Gasteiger partial charge >= 0.3 is 0 Å². The predicted octanol–water partition coefficient (Wildman–Crippen LogP) is 2.68. The third-order valence-electron chi connectivity index (χ3n) is 3.15. The van der Waals surface area contributed by atoms with E-state index in [1.54, 1.807) is 0 Å². The minimum Gasteiger partial charge on any atom is -0.493 e. The standard InChI is InChI=1S/C13H12N2O2S/c16-11(13-8-14-15-18-13)7-9-5-6-17-12-4-2-1-3-10(9)12/h1-4,8-9H,5-7H2. The highest BCUT2D eigenvalue weighted by molar-refractivity contribution is 7.07. The molecule has 1 aromatic heterocycles. The highest BCUT2D eigenvalue weighted by atomic mass is 32.1. The fraction of sp³-hybridized carbons (Fsp3) is 0.308. The van der Waals surface area contributed by atoms with Crippen molar-refractivity contribution in [3.63, 3.8) is 0 Å². The fourth-order valence-electron chi connectivity index (χ4n) is 2.24. The quantitative estimate of drug-likeness (QED) is 0.796. The average molecular weight is 260 g/mol. The van der Waals surface area contributed by atoms with Gasteiger partial charge in [0.05, 0.1) is 12.8 Å². The van der Waals surface area contributed by atoms with Gasteiger partial charge in [-0.25, -0.2) is 0 Å². The lowest BCUT2D eigenvalue weighted by atomic mass is 9.88. The number of benzene rings is 1. The molecule has 0 bridgehead atoms. The second-order valence-corrected chi connectivity index (χ2v) is 5.07. The molecule has 2 aromatic rings. The molecule has 1 aromatic carbocycles. The zero-order valence-electron chi connectivity index (χ0n) is 9.70. The first-order chi connectivity index (χ1) is 8.84. The number of nitrogens with zero attached hydrogens (tertiary/aromatic N) is 2. The molecule has 92 valence electrons. The Morgan fingerprint density at radius 1 is 1.44 bits per heavy atom. The number of Topliss-reactive ketones (excluding diaryl/α,β-unsaturated/α-hetero) is 1. The van der Waals surface area contributed by atoms with E-state index >= 15 is 0 Å². The molecule has 4 nitrogen and oxygen atoms in total. The minimum atomic E-state index is 0.117. The summed E-state index contributed by atoms with van der Waals surface area (Å²) in [4.78, 5) is 12.7. The number of ether oxygens (including phenoxy) is 1. The predicted molar refractivity (Wildman–Crippen MR) is 68.2 cm³/mol. The van der Waals surface area contributed by atoms with Crippen LogP contribution in [0.5, 0.6) is 5.75 Å². The van der Waals surface area contributed by atoms with Gasteiger partial charge in [0.2, 0.25) is 0 Å². The van der Waals surface area contributed by atoms with Crippen molar-refractivity contribution in [2.24, 2.45) is 0 Å². The van der Waals surface area contributed by atoms with E-state index in [0.717, 1.165) is 29.3 Å². The summed E-state index contributed by atoms with van der Waals surface area (Å²) in [7, 11) is 0. The molecule has 1 unspecified atom stereocenters.